The van der Waals surface area contributed by atoms with Crippen LogP contribution in [0.3, 0.4) is 0 Å². The van der Waals surface area contributed by atoms with Gasteiger partial charge in [0.15, 0.2) is 5.69 Å². The van der Waals surface area contributed by atoms with Crippen molar-refractivity contribution in [2.24, 2.45) is 0 Å². The van der Waals surface area contributed by atoms with Gasteiger partial charge in [-0.25, -0.2) is 4.68 Å². The standard InChI is InChI=1S/C17H18N4OS/c1-12(11-15-9-6-10-23-15)18-17(22)16-13(2)21(20-19-16)14-7-4-3-5-8-14/h3-10,12H,11H2,1-2H3,(H,18,22)/t12-/m1/s1. The van der Waals surface area contributed by atoms with Crippen molar-refractivity contribution >= 4 is 17.2 Å². The van der Waals surface area contributed by atoms with E-state index in [2.05, 4.69) is 21.7 Å². The summed E-state index contributed by atoms with van der Waals surface area (Å²) in [5.41, 5.74) is 1.99. The third kappa shape index (κ3) is 3.48. The third-order valence-corrected chi connectivity index (χ3v) is 4.47. The molecule has 0 saturated carbocycles. The van der Waals surface area contributed by atoms with Crippen LogP contribution in [0.15, 0.2) is 47.8 Å². The number of carbonyl (C=O) groups excluding carboxylic acids is 1. The van der Waals surface area contributed by atoms with Crippen LogP contribution in [0.1, 0.15) is 28.0 Å². The SMILES string of the molecule is Cc1c(C(=O)N[C@H](C)Cc2cccs2)nnn1-c1ccccc1. The molecule has 0 spiro atoms. The summed E-state index contributed by atoms with van der Waals surface area (Å²) < 4.78 is 1.68. The Morgan fingerprint density at radius 2 is 2.04 bits per heavy atom. The Kier molecular flexibility index (Phi) is 4.52. The fourth-order valence-electron chi connectivity index (χ4n) is 2.43. The number of nitrogens with one attached hydrogen (secondary N) is 1. The minimum absolute atomic E-state index is 0.0439. The van der Waals surface area contributed by atoms with E-state index < -0.39 is 0 Å². The summed E-state index contributed by atoms with van der Waals surface area (Å²) >= 11 is 1.70. The molecular formula is C17H18N4OS. The van der Waals surface area contributed by atoms with E-state index in [1.807, 2.05) is 55.6 Å². The lowest BCUT2D eigenvalue weighted by molar-refractivity contribution is 0.0934. The van der Waals surface area contributed by atoms with Gasteiger partial charge in [0.25, 0.3) is 5.91 Å². The average Bonchev–Trinajstić information content (AvgIpc) is 3.17. The van der Waals surface area contributed by atoms with Gasteiger partial charge in [-0.3, -0.25) is 4.79 Å². The van der Waals surface area contributed by atoms with Crippen molar-refractivity contribution in [1.82, 2.24) is 20.3 Å². The Balaban J connectivity index is 1.72. The fraction of sp³-hybridized carbons (Fsp3) is 0.235. The monoisotopic (exact) mass is 326 g/mol. The van der Waals surface area contributed by atoms with Gasteiger partial charge < -0.3 is 5.32 Å². The molecule has 0 bridgehead atoms. The first-order valence-electron chi connectivity index (χ1n) is 7.46. The highest BCUT2D eigenvalue weighted by molar-refractivity contribution is 7.09. The van der Waals surface area contributed by atoms with Crippen LogP contribution in [-0.4, -0.2) is 26.9 Å². The summed E-state index contributed by atoms with van der Waals surface area (Å²) in [5.74, 6) is -0.186. The van der Waals surface area contributed by atoms with E-state index >= 15 is 0 Å². The van der Waals surface area contributed by atoms with Gasteiger partial charge in [-0.05, 0) is 37.4 Å². The molecule has 0 fully saturated rings. The third-order valence-electron chi connectivity index (χ3n) is 3.58. The lowest BCUT2D eigenvalue weighted by Crippen LogP contribution is -2.34. The Morgan fingerprint density at radius 3 is 2.74 bits per heavy atom. The van der Waals surface area contributed by atoms with E-state index in [0.29, 0.717) is 5.69 Å². The first-order valence-corrected chi connectivity index (χ1v) is 8.34. The molecule has 6 heteroatoms. The van der Waals surface area contributed by atoms with Gasteiger partial charge in [0.2, 0.25) is 0 Å². The van der Waals surface area contributed by atoms with Gasteiger partial charge in [-0.1, -0.05) is 29.5 Å². The largest absolute Gasteiger partial charge is 0.348 e. The lowest BCUT2D eigenvalue weighted by atomic mass is 10.2. The van der Waals surface area contributed by atoms with Gasteiger partial charge in [0, 0.05) is 17.3 Å². The molecule has 1 aromatic carbocycles. The van der Waals surface area contributed by atoms with Crippen molar-refractivity contribution in [3.05, 3.63) is 64.1 Å². The maximum absolute atomic E-state index is 12.4. The summed E-state index contributed by atoms with van der Waals surface area (Å²) in [7, 11) is 0. The zero-order chi connectivity index (χ0) is 16.2. The van der Waals surface area contributed by atoms with E-state index in [4.69, 9.17) is 0 Å². The van der Waals surface area contributed by atoms with Crippen LogP contribution in [0.5, 0.6) is 0 Å². The molecule has 5 nitrogen and oxygen atoms in total. The maximum Gasteiger partial charge on any atom is 0.273 e. The minimum Gasteiger partial charge on any atom is -0.348 e. The Labute approximate surface area is 139 Å². The lowest BCUT2D eigenvalue weighted by Gasteiger charge is -2.12. The summed E-state index contributed by atoms with van der Waals surface area (Å²) in [5, 5.41) is 13.2. The first-order chi connectivity index (χ1) is 11.1. The number of para-hydroxylation sites is 1. The molecule has 0 unspecified atom stereocenters. The molecule has 0 radical (unpaired) electrons. The molecule has 118 valence electrons. The Bertz CT molecular complexity index is 780. The van der Waals surface area contributed by atoms with Crippen molar-refractivity contribution < 1.29 is 4.79 Å². The van der Waals surface area contributed by atoms with Gasteiger partial charge in [-0.2, -0.15) is 0 Å². The number of hydrogen-bond donors (Lipinski definition) is 1. The average molecular weight is 326 g/mol. The van der Waals surface area contributed by atoms with Crippen LogP contribution in [0.2, 0.25) is 0 Å². The number of nitrogens with zero attached hydrogens (tertiary/aromatic N) is 3. The Morgan fingerprint density at radius 1 is 1.26 bits per heavy atom. The number of benzene rings is 1. The second kappa shape index (κ2) is 6.75. The predicted molar refractivity (Wildman–Crippen MR) is 91.0 cm³/mol. The molecule has 2 heterocycles. The zero-order valence-corrected chi connectivity index (χ0v) is 13.9. The number of aromatic nitrogens is 3. The first kappa shape index (κ1) is 15.4. The van der Waals surface area contributed by atoms with Crippen LogP contribution >= 0.6 is 11.3 Å². The van der Waals surface area contributed by atoms with E-state index in [1.165, 1.54) is 4.88 Å². The number of hydrogen-bond acceptors (Lipinski definition) is 4. The van der Waals surface area contributed by atoms with Crippen LogP contribution in [0.4, 0.5) is 0 Å². The van der Waals surface area contributed by atoms with Crippen LogP contribution in [0.25, 0.3) is 5.69 Å². The molecule has 2 aromatic heterocycles. The molecule has 0 aliphatic carbocycles. The molecule has 1 amide bonds. The van der Waals surface area contributed by atoms with Crippen molar-refractivity contribution in [3.8, 4) is 5.69 Å². The van der Waals surface area contributed by atoms with Crippen LogP contribution in [0, 0.1) is 6.92 Å². The summed E-state index contributed by atoms with van der Waals surface area (Å²) in [6.07, 6.45) is 0.815. The number of thiophene rings is 1. The second-order valence-electron chi connectivity index (χ2n) is 5.43. The number of carbonyl (C=O) groups is 1. The molecular weight excluding hydrogens is 308 g/mol. The summed E-state index contributed by atoms with van der Waals surface area (Å²) in [6, 6.07) is 13.8. The van der Waals surface area contributed by atoms with E-state index in [0.717, 1.165) is 17.8 Å². The molecule has 23 heavy (non-hydrogen) atoms. The second-order valence-corrected chi connectivity index (χ2v) is 6.46. The zero-order valence-electron chi connectivity index (χ0n) is 13.1. The number of rotatable bonds is 5. The molecule has 0 saturated heterocycles. The van der Waals surface area contributed by atoms with Gasteiger partial charge in [0.05, 0.1) is 11.4 Å². The normalized spacial score (nSPS) is 12.1. The molecule has 1 atom stereocenters. The van der Waals surface area contributed by atoms with Crippen LogP contribution < -0.4 is 5.32 Å². The molecule has 1 N–H and O–H groups in total. The minimum atomic E-state index is -0.186. The topological polar surface area (TPSA) is 59.8 Å². The molecule has 3 aromatic rings. The number of amides is 1. The van der Waals surface area contributed by atoms with Crippen molar-refractivity contribution in [2.45, 2.75) is 26.3 Å². The summed E-state index contributed by atoms with van der Waals surface area (Å²) in [4.78, 5) is 13.7. The highest BCUT2D eigenvalue weighted by Crippen LogP contribution is 2.13. The molecule has 0 aliphatic rings. The quantitative estimate of drug-likeness (QED) is 0.784. The van der Waals surface area contributed by atoms with Crippen molar-refractivity contribution in [2.75, 3.05) is 0 Å². The predicted octanol–water partition coefficient (Wildman–Crippen LogP) is 3.00. The van der Waals surface area contributed by atoms with Gasteiger partial charge >= 0.3 is 0 Å². The van der Waals surface area contributed by atoms with Crippen molar-refractivity contribution in [3.63, 3.8) is 0 Å². The highest BCUT2D eigenvalue weighted by Gasteiger charge is 2.19. The van der Waals surface area contributed by atoms with Crippen LogP contribution in [-0.2, 0) is 6.42 Å². The maximum atomic E-state index is 12.4. The van der Waals surface area contributed by atoms with Gasteiger partial charge in [-0.15, -0.1) is 16.4 Å². The molecule has 0 aliphatic heterocycles. The smallest absolute Gasteiger partial charge is 0.273 e. The molecule has 3 rings (SSSR count). The summed E-state index contributed by atoms with van der Waals surface area (Å²) in [6.45, 7) is 3.85. The van der Waals surface area contributed by atoms with E-state index in [1.54, 1.807) is 16.0 Å². The van der Waals surface area contributed by atoms with Crippen molar-refractivity contribution in [1.29, 1.82) is 0 Å². The fourth-order valence-corrected chi connectivity index (χ4v) is 3.26. The Hall–Kier alpha value is -2.47. The van der Waals surface area contributed by atoms with E-state index in [9.17, 15) is 4.79 Å². The highest BCUT2D eigenvalue weighted by atomic mass is 32.1. The van der Waals surface area contributed by atoms with E-state index in [-0.39, 0.29) is 11.9 Å². The van der Waals surface area contributed by atoms with Gasteiger partial charge in [0.1, 0.15) is 0 Å².